The highest BCUT2D eigenvalue weighted by Crippen LogP contribution is 2.64. The number of amides is 1. The molecule has 5 aliphatic rings. The van der Waals surface area contributed by atoms with Crippen LogP contribution in [0.1, 0.15) is 49.4 Å². The number of hydrogen-bond acceptors (Lipinski definition) is 12. The summed E-state index contributed by atoms with van der Waals surface area (Å²) < 4.78 is 11.1. The van der Waals surface area contributed by atoms with Crippen LogP contribution in [0.2, 0.25) is 0 Å². The third-order valence-corrected chi connectivity index (χ3v) is 10.6. The van der Waals surface area contributed by atoms with Crippen LogP contribution in [-0.4, -0.2) is 97.1 Å². The smallest absolute Gasteiger partial charge is 0.229 e. The van der Waals surface area contributed by atoms with E-state index in [1.54, 1.807) is 0 Å². The Hall–Kier alpha value is -2.78. The number of aromatic hydroxyl groups is 1. The highest BCUT2D eigenvalue weighted by Gasteiger charge is 2.61. The van der Waals surface area contributed by atoms with Crippen molar-refractivity contribution in [1.82, 2.24) is 0 Å². The van der Waals surface area contributed by atoms with Gasteiger partial charge in [0.2, 0.25) is 17.3 Å². The number of benzene rings is 1. The van der Waals surface area contributed by atoms with Gasteiger partial charge in [-0.1, -0.05) is 36.9 Å². The Morgan fingerprint density at radius 2 is 1.89 bits per heavy atom. The lowest BCUT2D eigenvalue weighted by Crippen LogP contribution is -2.60. The lowest BCUT2D eigenvalue weighted by atomic mass is 9.43. The molecule has 0 radical (unpaired) electrons. The second-order valence-electron chi connectivity index (χ2n) is 12.5. The summed E-state index contributed by atoms with van der Waals surface area (Å²) >= 11 is 0.834. The first-order valence-electron chi connectivity index (χ1n) is 14.6. The van der Waals surface area contributed by atoms with Crippen LogP contribution in [0.5, 0.6) is 11.5 Å². The average molecular weight is 634 g/mol. The number of anilines is 1. The Balaban J connectivity index is 1.38. The number of aliphatic hydroxyl groups excluding tert-OH is 5. The maximum Gasteiger partial charge on any atom is 0.229 e. The molecule has 1 heterocycles. The Kier molecular flexibility index (Phi) is 9.04. The number of phenols is 1. The molecule has 3 saturated carbocycles. The van der Waals surface area contributed by atoms with E-state index >= 15 is 0 Å². The van der Waals surface area contributed by atoms with Crippen molar-refractivity contribution in [3.63, 3.8) is 0 Å². The zero-order valence-electron chi connectivity index (χ0n) is 24.5. The van der Waals surface area contributed by atoms with E-state index in [0.29, 0.717) is 19.3 Å². The van der Waals surface area contributed by atoms with Gasteiger partial charge in [0.1, 0.15) is 35.9 Å². The highest BCUT2D eigenvalue weighted by molar-refractivity contribution is 8.13. The normalized spacial score (nSPS) is 37.9. The molecule has 4 aliphatic carbocycles. The minimum absolute atomic E-state index is 0.0973. The molecule has 44 heavy (non-hydrogen) atoms. The van der Waals surface area contributed by atoms with Crippen LogP contribution in [0, 0.1) is 22.7 Å². The van der Waals surface area contributed by atoms with Gasteiger partial charge in [-0.05, 0) is 62.0 Å². The zero-order chi connectivity index (χ0) is 32.1. The maximum atomic E-state index is 13.4. The number of ether oxygens (including phenoxy) is 2. The molecule has 0 aromatic heterocycles. The number of rotatable bonds is 8. The SMILES string of the molecule is C=C1CC23C=CC(=O)C(C)(CCC(=O)Nc4c(OC5OC(CO)C(O)C(O)C5O)ccc(C(=O)SC)c4O)C2CC1CC3O. The van der Waals surface area contributed by atoms with Crippen molar-refractivity contribution in [2.45, 2.75) is 75.8 Å². The van der Waals surface area contributed by atoms with Crippen molar-refractivity contribution < 1.29 is 54.5 Å². The summed E-state index contributed by atoms with van der Waals surface area (Å²) in [5.41, 5.74) is -0.925. The maximum absolute atomic E-state index is 13.4. The molecule has 12 nitrogen and oxygen atoms in total. The molecule has 13 heteroatoms. The van der Waals surface area contributed by atoms with E-state index in [-0.39, 0.29) is 47.5 Å². The molecule has 1 aliphatic heterocycles. The Labute approximate surface area is 258 Å². The number of carbonyl (C=O) groups is 3. The van der Waals surface area contributed by atoms with Gasteiger partial charge in [0.25, 0.3) is 0 Å². The fourth-order valence-corrected chi connectivity index (χ4v) is 7.78. The summed E-state index contributed by atoms with van der Waals surface area (Å²) in [7, 11) is 0. The first-order valence-corrected chi connectivity index (χ1v) is 15.8. The monoisotopic (exact) mass is 633 g/mol. The van der Waals surface area contributed by atoms with Crippen molar-refractivity contribution >= 4 is 34.3 Å². The molecule has 1 saturated heterocycles. The minimum Gasteiger partial charge on any atom is -0.505 e. The number of hydrogen-bond donors (Lipinski definition) is 7. The standard InChI is InChI=1S/C31H39NO11S/c1-14-12-31-9-6-20(34)30(2,19(31)10-15(14)11-21(31)35)8-7-22(36)32-23-17(5-4-16(24(23)37)28(41)44-3)42-29-27(40)26(39)25(38)18(13-33)43-29/h4-6,9,15,18-19,21,25-27,29,33,35,37-40H,1,7-8,10-13H2,2-3H3,(H,32,36). The third-order valence-electron chi connectivity index (χ3n) is 10.1. The van der Waals surface area contributed by atoms with Gasteiger partial charge in [0.05, 0.1) is 18.3 Å². The van der Waals surface area contributed by atoms with Crippen LogP contribution in [0.15, 0.2) is 36.4 Å². The summed E-state index contributed by atoms with van der Waals surface area (Å²) in [6.07, 6.45) is -1.92. The largest absolute Gasteiger partial charge is 0.505 e. The second kappa shape index (κ2) is 12.2. The molecule has 1 aromatic rings. The number of carbonyl (C=O) groups excluding carboxylic acids is 3. The van der Waals surface area contributed by atoms with Gasteiger partial charge in [-0.3, -0.25) is 14.4 Å². The van der Waals surface area contributed by atoms with Crippen molar-refractivity contribution in [2.75, 3.05) is 18.2 Å². The third kappa shape index (κ3) is 5.38. The van der Waals surface area contributed by atoms with Crippen LogP contribution in [-0.2, 0) is 14.3 Å². The fraction of sp³-hybridized carbons (Fsp3) is 0.581. The van der Waals surface area contributed by atoms with Gasteiger partial charge in [0, 0.05) is 17.3 Å². The number of nitrogens with one attached hydrogen (secondary N) is 1. The quantitative estimate of drug-likeness (QED) is 0.160. The number of allylic oxidation sites excluding steroid dienone is 2. The summed E-state index contributed by atoms with van der Waals surface area (Å²) in [6.45, 7) is 5.32. The van der Waals surface area contributed by atoms with Crippen LogP contribution in [0.25, 0.3) is 0 Å². The van der Waals surface area contributed by atoms with Gasteiger partial charge >= 0.3 is 0 Å². The van der Waals surface area contributed by atoms with E-state index in [1.165, 1.54) is 24.5 Å². The van der Waals surface area contributed by atoms with E-state index in [4.69, 9.17) is 9.47 Å². The van der Waals surface area contributed by atoms with Crippen LogP contribution < -0.4 is 10.1 Å². The number of aliphatic hydroxyl groups is 5. The first kappa shape index (κ1) is 32.6. The molecular weight excluding hydrogens is 594 g/mol. The molecule has 1 aromatic carbocycles. The van der Waals surface area contributed by atoms with Gasteiger partial charge in [-0.25, -0.2) is 0 Å². The molecule has 7 N–H and O–H groups in total. The average Bonchev–Trinajstić information content (AvgIpc) is 3.00. The Morgan fingerprint density at radius 1 is 1.16 bits per heavy atom. The molecule has 2 bridgehead atoms. The van der Waals surface area contributed by atoms with Crippen molar-refractivity contribution in [3.8, 4) is 11.5 Å². The van der Waals surface area contributed by atoms with Gasteiger partial charge in [-0.2, -0.15) is 0 Å². The van der Waals surface area contributed by atoms with Gasteiger partial charge in [-0.15, -0.1) is 0 Å². The predicted molar refractivity (Wildman–Crippen MR) is 159 cm³/mol. The lowest BCUT2D eigenvalue weighted by molar-refractivity contribution is -0.277. The van der Waals surface area contributed by atoms with Crippen molar-refractivity contribution in [1.29, 1.82) is 0 Å². The lowest BCUT2D eigenvalue weighted by Gasteiger charge is -2.61. The number of ketones is 1. The number of fused-ring (bicyclic) bond motifs is 2. The topological polar surface area (TPSA) is 203 Å². The predicted octanol–water partition coefficient (Wildman–Crippen LogP) is 1.27. The van der Waals surface area contributed by atoms with Crippen LogP contribution in [0.4, 0.5) is 5.69 Å². The minimum atomic E-state index is -1.76. The number of phenolic OH excluding ortho intramolecular Hbond substituents is 1. The molecule has 6 rings (SSSR count). The summed E-state index contributed by atoms with van der Waals surface area (Å²) in [5.74, 6) is -1.65. The zero-order valence-corrected chi connectivity index (χ0v) is 25.3. The van der Waals surface area contributed by atoms with Gasteiger partial charge < -0.3 is 45.4 Å². The molecular formula is C31H39NO11S. The van der Waals surface area contributed by atoms with E-state index in [0.717, 1.165) is 17.3 Å². The first-order chi connectivity index (χ1) is 20.8. The van der Waals surface area contributed by atoms with E-state index in [9.17, 15) is 45.0 Å². The molecule has 1 spiro atoms. The van der Waals surface area contributed by atoms with E-state index in [2.05, 4.69) is 11.9 Å². The summed E-state index contributed by atoms with van der Waals surface area (Å²) in [6, 6.07) is 2.53. The van der Waals surface area contributed by atoms with E-state index < -0.39 is 71.0 Å². The molecule has 240 valence electrons. The number of thioether (sulfide) groups is 1. The summed E-state index contributed by atoms with van der Waals surface area (Å²) in [5, 5.41) is 64.4. The van der Waals surface area contributed by atoms with Crippen molar-refractivity contribution in [2.24, 2.45) is 22.7 Å². The molecule has 10 unspecified atom stereocenters. The second-order valence-corrected chi connectivity index (χ2v) is 13.3. The Bertz CT molecular complexity index is 1380. The molecule has 1 amide bonds. The van der Waals surface area contributed by atoms with Gasteiger partial charge in [0.15, 0.2) is 11.5 Å². The summed E-state index contributed by atoms with van der Waals surface area (Å²) in [4.78, 5) is 39.2. The van der Waals surface area contributed by atoms with Crippen molar-refractivity contribution in [3.05, 3.63) is 42.0 Å². The molecule has 10 atom stereocenters. The van der Waals surface area contributed by atoms with Crippen LogP contribution >= 0.6 is 11.8 Å². The van der Waals surface area contributed by atoms with E-state index in [1.807, 2.05) is 13.0 Å². The highest BCUT2D eigenvalue weighted by atomic mass is 32.2. The van der Waals surface area contributed by atoms with Crippen LogP contribution in [0.3, 0.4) is 0 Å². The Morgan fingerprint density at radius 3 is 2.57 bits per heavy atom. The molecule has 4 fully saturated rings. The fourth-order valence-electron chi connectivity index (χ4n) is 7.39.